The number of rotatable bonds is 3. The van der Waals surface area contributed by atoms with Gasteiger partial charge in [-0.25, -0.2) is 0 Å². The summed E-state index contributed by atoms with van der Waals surface area (Å²) >= 11 is 0. The maximum absolute atomic E-state index is 5.74. The Balaban J connectivity index is 1.93. The second kappa shape index (κ2) is 5.61. The quantitative estimate of drug-likeness (QED) is 0.870. The standard InChI is InChI=1S/C18H25NO/c1-12-8-13(2)10-14(9-12)18(19-3)16-11-20-17-7-5-4-6-15(16)17/h4-7,11-14,18-19H,8-10H2,1-3H3. The summed E-state index contributed by atoms with van der Waals surface area (Å²) in [5.41, 5.74) is 2.33. The van der Waals surface area contributed by atoms with Crippen molar-refractivity contribution in [1.82, 2.24) is 5.32 Å². The van der Waals surface area contributed by atoms with E-state index in [9.17, 15) is 0 Å². The first kappa shape index (κ1) is 13.7. The Kier molecular flexibility index (Phi) is 3.84. The number of benzene rings is 1. The lowest BCUT2D eigenvalue weighted by Crippen LogP contribution is -2.31. The largest absolute Gasteiger partial charge is 0.464 e. The maximum atomic E-state index is 5.74. The van der Waals surface area contributed by atoms with Crippen molar-refractivity contribution in [3.8, 4) is 0 Å². The Morgan fingerprint density at radius 3 is 2.50 bits per heavy atom. The molecule has 2 nitrogen and oxygen atoms in total. The lowest BCUT2D eigenvalue weighted by Gasteiger charge is -2.36. The highest BCUT2D eigenvalue weighted by atomic mass is 16.3. The third kappa shape index (κ3) is 2.49. The van der Waals surface area contributed by atoms with Gasteiger partial charge in [0.2, 0.25) is 0 Å². The van der Waals surface area contributed by atoms with Crippen LogP contribution in [0.2, 0.25) is 0 Å². The van der Waals surface area contributed by atoms with Crippen LogP contribution in [0.5, 0.6) is 0 Å². The molecule has 2 heteroatoms. The van der Waals surface area contributed by atoms with Gasteiger partial charge in [0.25, 0.3) is 0 Å². The molecule has 0 bridgehead atoms. The van der Waals surface area contributed by atoms with Gasteiger partial charge in [-0.2, -0.15) is 0 Å². The van der Waals surface area contributed by atoms with E-state index in [2.05, 4.69) is 44.4 Å². The van der Waals surface area contributed by atoms with Crippen LogP contribution in [0.15, 0.2) is 34.9 Å². The Morgan fingerprint density at radius 2 is 1.80 bits per heavy atom. The third-order valence-corrected chi connectivity index (χ3v) is 4.84. The molecular weight excluding hydrogens is 246 g/mol. The van der Waals surface area contributed by atoms with Crippen LogP contribution in [0, 0.1) is 17.8 Å². The van der Waals surface area contributed by atoms with E-state index in [0.717, 1.165) is 17.4 Å². The van der Waals surface area contributed by atoms with Gasteiger partial charge in [-0.15, -0.1) is 0 Å². The lowest BCUT2D eigenvalue weighted by molar-refractivity contribution is 0.181. The molecule has 1 aromatic carbocycles. The number of hydrogen-bond acceptors (Lipinski definition) is 2. The summed E-state index contributed by atoms with van der Waals surface area (Å²) in [5.74, 6) is 2.37. The van der Waals surface area contributed by atoms with Crippen LogP contribution in [-0.2, 0) is 0 Å². The molecule has 1 saturated carbocycles. The molecule has 0 radical (unpaired) electrons. The van der Waals surface area contributed by atoms with E-state index in [-0.39, 0.29) is 0 Å². The van der Waals surface area contributed by atoms with Crippen molar-refractivity contribution < 1.29 is 4.42 Å². The van der Waals surface area contributed by atoms with Crippen LogP contribution in [0.1, 0.15) is 44.7 Å². The van der Waals surface area contributed by atoms with Crippen LogP contribution >= 0.6 is 0 Å². The van der Waals surface area contributed by atoms with Gasteiger partial charge < -0.3 is 9.73 Å². The van der Waals surface area contributed by atoms with Crippen molar-refractivity contribution in [1.29, 1.82) is 0 Å². The van der Waals surface area contributed by atoms with Gasteiger partial charge in [0.15, 0.2) is 0 Å². The van der Waals surface area contributed by atoms with Crippen molar-refractivity contribution in [2.24, 2.45) is 17.8 Å². The van der Waals surface area contributed by atoms with E-state index in [1.807, 2.05) is 12.3 Å². The fourth-order valence-electron chi connectivity index (χ4n) is 4.17. The maximum Gasteiger partial charge on any atom is 0.134 e. The highest BCUT2D eigenvalue weighted by Crippen LogP contribution is 2.41. The summed E-state index contributed by atoms with van der Waals surface area (Å²) in [6.07, 6.45) is 5.96. The minimum atomic E-state index is 0.406. The average molecular weight is 271 g/mol. The predicted octanol–water partition coefficient (Wildman–Crippen LogP) is 4.77. The molecule has 1 N–H and O–H groups in total. The molecule has 1 aliphatic carbocycles. The van der Waals surface area contributed by atoms with Gasteiger partial charge in [-0.1, -0.05) is 32.0 Å². The highest BCUT2D eigenvalue weighted by Gasteiger charge is 2.31. The summed E-state index contributed by atoms with van der Waals surface area (Å²) in [6, 6.07) is 8.77. The molecule has 1 fully saturated rings. The van der Waals surface area contributed by atoms with Gasteiger partial charge in [0, 0.05) is 17.0 Å². The normalized spacial score (nSPS) is 28.6. The first-order valence-corrected chi connectivity index (χ1v) is 7.82. The Morgan fingerprint density at radius 1 is 1.10 bits per heavy atom. The molecule has 1 heterocycles. The SMILES string of the molecule is CNC(c1coc2ccccc12)C1CC(C)CC(C)C1. The van der Waals surface area contributed by atoms with E-state index in [1.165, 1.54) is 30.2 Å². The van der Waals surface area contributed by atoms with Crippen LogP contribution in [0.25, 0.3) is 11.0 Å². The summed E-state index contributed by atoms with van der Waals surface area (Å²) in [4.78, 5) is 0. The molecule has 0 amide bonds. The zero-order valence-electron chi connectivity index (χ0n) is 12.7. The first-order chi connectivity index (χ1) is 9.69. The minimum Gasteiger partial charge on any atom is -0.464 e. The molecular formula is C18H25NO. The molecule has 1 aliphatic rings. The Hall–Kier alpha value is -1.28. The molecule has 0 saturated heterocycles. The van der Waals surface area contributed by atoms with Crippen molar-refractivity contribution in [2.75, 3.05) is 7.05 Å². The van der Waals surface area contributed by atoms with Gasteiger partial charge in [-0.3, -0.25) is 0 Å². The van der Waals surface area contributed by atoms with Crippen molar-refractivity contribution in [3.63, 3.8) is 0 Å². The number of para-hydroxylation sites is 1. The number of nitrogens with one attached hydrogen (secondary N) is 1. The molecule has 3 unspecified atom stereocenters. The zero-order chi connectivity index (χ0) is 14.1. The Bertz CT molecular complexity index is 564. The van der Waals surface area contributed by atoms with E-state index >= 15 is 0 Å². The highest BCUT2D eigenvalue weighted by molar-refractivity contribution is 5.81. The van der Waals surface area contributed by atoms with E-state index in [1.54, 1.807) is 0 Å². The molecule has 2 aromatic rings. The van der Waals surface area contributed by atoms with Gasteiger partial charge in [0.05, 0.1) is 6.26 Å². The van der Waals surface area contributed by atoms with Crippen LogP contribution < -0.4 is 5.32 Å². The topological polar surface area (TPSA) is 25.2 Å². The van der Waals surface area contributed by atoms with Gasteiger partial charge >= 0.3 is 0 Å². The summed E-state index contributed by atoms with van der Waals surface area (Å²) in [5, 5.41) is 4.81. The molecule has 0 aliphatic heterocycles. The predicted molar refractivity (Wildman–Crippen MR) is 83.7 cm³/mol. The molecule has 3 atom stereocenters. The van der Waals surface area contributed by atoms with Crippen LogP contribution in [0.4, 0.5) is 0 Å². The van der Waals surface area contributed by atoms with Crippen LogP contribution in [0.3, 0.4) is 0 Å². The van der Waals surface area contributed by atoms with Crippen molar-refractivity contribution in [2.45, 2.75) is 39.2 Å². The molecule has 108 valence electrons. The van der Waals surface area contributed by atoms with Gasteiger partial charge in [0.1, 0.15) is 5.58 Å². The fourth-order valence-corrected chi connectivity index (χ4v) is 4.17. The second-order valence-corrected chi connectivity index (χ2v) is 6.63. The number of hydrogen-bond donors (Lipinski definition) is 1. The van der Waals surface area contributed by atoms with E-state index < -0.39 is 0 Å². The molecule has 20 heavy (non-hydrogen) atoms. The van der Waals surface area contributed by atoms with Crippen molar-refractivity contribution >= 4 is 11.0 Å². The number of furan rings is 1. The molecule has 0 spiro atoms. The minimum absolute atomic E-state index is 0.406. The van der Waals surface area contributed by atoms with E-state index in [0.29, 0.717) is 12.0 Å². The third-order valence-electron chi connectivity index (χ3n) is 4.84. The number of fused-ring (bicyclic) bond motifs is 1. The van der Waals surface area contributed by atoms with Crippen LogP contribution in [-0.4, -0.2) is 7.05 Å². The average Bonchev–Trinajstić information content (AvgIpc) is 2.83. The molecule has 1 aromatic heterocycles. The molecule has 3 rings (SSSR count). The van der Waals surface area contributed by atoms with Crippen molar-refractivity contribution in [3.05, 3.63) is 36.1 Å². The smallest absolute Gasteiger partial charge is 0.134 e. The van der Waals surface area contributed by atoms with Gasteiger partial charge in [-0.05, 0) is 50.1 Å². The monoisotopic (exact) mass is 271 g/mol. The first-order valence-electron chi connectivity index (χ1n) is 7.82. The summed E-state index contributed by atoms with van der Waals surface area (Å²) in [7, 11) is 2.08. The fraction of sp³-hybridized carbons (Fsp3) is 0.556. The zero-order valence-corrected chi connectivity index (χ0v) is 12.7. The van der Waals surface area contributed by atoms with E-state index in [4.69, 9.17) is 4.42 Å². The Labute approximate surface area is 121 Å². The summed E-state index contributed by atoms with van der Waals surface area (Å²) < 4.78 is 5.74. The second-order valence-electron chi connectivity index (χ2n) is 6.63. The lowest BCUT2D eigenvalue weighted by atomic mass is 9.72. The summed E-state index contributed by atoms with van der Waals surface area (Å²) in [6.45, 7) is 4.78.